The predicted octanol–water partition coefficient (Wildman–Crippen LogP) is 1.28. The molecule has 0 aliphatic heterocycles. The lowest BCUT2D eigenvalue weighted by Gasteiger charge is -2.03. The second-order valence-electron chi connectivity index (χ2n) is 2.60. The van der Waals surface area contributed by atoms with Crippen LogP contribution in [-0.4, -0.2) is 30.3 Å². The standard InChI is InChI=1S/C9H14N2O2/c1-12-6-2-3-7-13-9-4-5-10-8-11-9/h4-5,8H,2-3,6-7H2,1H3. The van der Waals surface area contributed by atoms with Crippen molar-refractivity contribution in [1.82, 2.24) is 9.97 Å². The van der Waals surface area contributed by atoms with Crippen LogP contribution in [0.5, 0.6) is 5.88 Å². The number of methoxy groups -OCH3 is 1. The molecule has 13 heavy (non-hydrogen) atoms. The molecule has 0 radical (unpaired) electrons. The lowest BCUT2D eigenvalue weighted by Crippen LogP contribution is -2.00. The molecule has 0 spiro atoms. The Kier molecular flexibility index (Phi) is 4.86. The quantitative estimate of drug-likeness (QED) is 0.622. The number of rotatable bonds is 6. The van der Waals surface area contributed by atoms with Crippen molar-refractivity contribution in [3.05, 3.63) is 18.6 Å². The number of aromatic nitrogens is 2. The average molecular weight is 182 g/mol. The topological polar surface area (TPSA) is 44.2 Å². The Hall–Kier alpha value is -1.16. The fourth-order valence-electron chi connectivity index (χ4n) is 0.889. The molecule has 0 atom stereocenters. The lowest BCUT2D eigenvalue weighted by atomic mass is 10.3. The third-order valence-corrected chi connectivity index (χ3v) is 1.55. The first-order valence-corrected chi connectivity index (χ1v) is 4.31. The fraction of sp³-hybridized carbons (Fsp3) is 0.556. The molecule has 0 bridgehead atoms. The van der Waals surface area contributed by atoms with E-state index in [0.29, 0.717) is 12.5 Å². The highest BCUT2D eigenvalue weighted by Crippen LogP contribution is 2.02. The van der Waals surface area contributed by atoms with E-state index >= 15 is 0 Å². The van der Waals surface area contributed by atoms with Crippen LogP contribution in [0.4, 0.5) is 0 Å². The van der Waals surface area contributed by atoms with Gasteiger partial charge in [-0.25, -0.2) is 9.97 Å². The molecule has 0 saturated heterocycles. The summed E-state index contributed by atoms with van der Waals surface area (Å²) in [6, 6.07) is 1.75. The van der Waals surface area contributed by atoms with Gasteiger partial charge in [0.2, 0.25) is 5.88 Å². The van der Waals surface area contributed by atoms with Crippen LogP contribution >= 0.6 is 0 Å². The molecule has 0 saturated carbocycles. The molecule has 0 fully saturated rings. The molecule has 1 aromatic heterocycles. The molecule has 1 heterocycles. The van der Waals surface area contributed by atoms with Gasteiger partial charge >= 0.3 is 0 Å². The van der Waals surface area contributed by atoms with Crippen LogP contribution in [0.1, 0.15) is 12.8 Å². The zero-order valence-electron chi connectivity index (χ0n) is 7.77. The molecule has 0 aromatic carbocycles. The zero-order chi connectivity index (χ0) is 9.36. The number of ether oxygens (including phenoxy) is 2. The van der Waals surface area contributed by atoms with Gasteiger partial charge in [0.25, 0.3) is 0 Å². The molecular formula is C9H14N2O2. The highest BCUT2D eigenvalue weighted by atomic mass is 16.5. The molecule has 0 aliphatic rings. The summed E-state index contributed by atoms with van der Waals surface area (Å²) in [6.45, 7) is 1.47. The number of hydrogen-bond donors (Lipinski definition) is 0. The van der Waals surface area contributed by atoms with Gasteiger partial charge in [0, 0.05) is 26.0 Å². The third kappa shape index (κ3) is 4.42. The first-order valence-electron chi connectivity index (χ1n) is 4.31. The van der Waals surface area contributed by atoms with Crippen LogP contribution in [0.3, 0.4) is 0 Å². The zero-order valence-corrected chi connectivity index (χ0v) is 7.77. The van der Waals surface area contributed by atoms with Gasteiger partial charge in [0.1, 0.15) is 6.33 Å². The molecular weight excluding hydrogens is 168 g/mol. The van der Waals surface area contributed by atoms with Gasteiger partial charge in [0.05, 0.1) is 6.61 Å². The van der Waals surface area contributed by atoms with E-state index in [4.69, 9.17) is 9.47 Å². The minimum Gasteiger partial charge on any atom is -0.478 e. The number of nitrogens with zero attached hydrogens (tertiary/aromatic N) is 2. The van der Waals surface area contributed by atoms with Crippen molar-refractivity contribution >= 4 is 0 Å². The van der Waals surface area contributed by atoms with Crippen LogP contribution in [0.25, 0.3) is 0 Å². The first kappa shape index (κ1) is 9.92. The lowest BCUT2D eigenvalue weighted by molar-refractivity contribution is 0.183. The van der Waals surface area contributed by atoms with Gasteiger partial charge < -0.3 is 9.47 Å². The Bertz CT molecular complexity index is 216. The maximum Gasteiger partial charge on any atom is 0.216 e. The largest absolute Gasteiger partial charge is 0.478 e. The Morgan fingerprint density at radius 2 is 2.15 bits per heavy atom. The molecule has 0 unspecified atom stereocenters. The van der Waals surface area contributed by atoms with E-state index in [2.05, 4.69) is 9.97 Å². The van der Waals surface area contributed by atoms with Crippen LogP contribution in [-0.2, 0) is 4.74 Å². The van der Waals surface area contributed by atoms with E-state index in [1.807, 2.05) is 0 Å². The van der Waals surface area contributed by atoms with Crippen molar-refractivity contribution in [1.29, 1.82) is 0 Å². The molecule has 72 valence electrons. The van der Waals surface area contributed by atoms with Crippen LogP contribution in [0.15, 0.2) is 18.6 Å². The monoisotopic (exact) mass is 182 g/mol. The number of unbranched alkanes of at least 4 members (excludes halogenated alkanes) is 1. The Labute approximate surface area is 77.9 Å². The summed E-state index contributed by atoms with van der Waals surface area (Å²) < 4.78 is 10.3. The SMILES string of the molecule is COCCCCOc1ccncn1. The van der Waals surface area contributed by atoms with E-state index in [9.17, 15) is 0 Å². The Morgan fingerprint density at radius 3 is 2.85 bits per heavy atom. The minimum atomic E-state index is 0.632. The van der Waals surface area contributed by atoms with E-state index in [1.165, 1.54) is 6.33 Å². The summed E-state index contributed by atoms with van der Waals surface area (Å²) in [5.41, 5.74) is 0. The Balaban J connectivity index is 2.07. The molecule has 0 amide bonds. The van der Waals surface area contributed by atoms with E-state index in [-0.39, 0.29) is 0 Å². The highest BCUT2D eigenvalue weighted by molar-refractivity contribution is 5.03. The summed E-state index contributed by atoms with van der Waals surface area (Å²) in [4.78, 5) is 7.72. The molecule has 1 aromatic rings. The van der Waals surface area contributed by atoms with Gasteiger partial charge in [-0.2, -0.15) is 0 Å². The van der Waals surface area contributed by atoms with Gasteiger partial charge in [-0.05, 0) is 12.8 Å². The van der Waals surface area contributed by atoms with Crippen molar-refractivity contribution < 1.29 is 9.47 Å². The van der Waals surface area contributed by atoms with Crippen LogP contribution in [0.2, 0.25) is 0 Å². The molecule has 1 rings (SSSR count). The van der Waals surface area contributed by atoms with E-state index in [1.54, 1.807) is 19.4 Å². The van der Waals surface area contributed by atoms with Crippen molar-refractivity contribution in [2.75, 3.05) is 20.3 Å². The van der Waals surface area contributed by atoms with Crippen LogP contribution < -0.4 is 4.74 Å². The first-order chi connectivity index (χ1) is 6.43. The second-order valence-corrected chi connectivity index (χ2v) is 2.60. The summed E-state index contributed by atoms with van der Waals surface area (Å²) in [6.07, 6.45) is 5.14. The summed E-state index contributed by atoms with van der Waals surface area (Å²) >= 11 is 0. The van der Waals surface area contributed by atoms with Gasteiger partial charge in [-0.15, -0.1) is 0 Å². The molecule has 4 heteroatoms. The summed E-state index contributed by atoms with van der Waals surface area (Å²) in [5.74, 6) is 0.632. The number of hydrogen-bond acceptors (Lipinski definition) is 4. The van der Waals surface area contributed by atoms with Crippen molar-refractivity contribution in [3.8, 4) is 5.88 Å². The Morgan fingerprint density at radius 1 is 1.31 bits per heavy atom. The third-order valence-electron chi connectivity index (χ3n) is 1.55. The van der Waals surface area contributed by atoms with E-state index < -0.39 is 0 Å². The van der Waals surface area contributed by atoms with Crippen LogP contribution in [0, 0.1) is 0 Å². The van der Waals surface area contributed by atoms with Crippen molar-refractivity contribution in [2.24, 2.45) is 0 Å². The maximum atomic E-state index is 5.35. The minimum absolute atomic E-state index is 0.632. The second kappa shape index (κ2) is 6.37. The predicted molar refractivity (Wildman–Crippen MR) is 48.6 cm³/mol. The smallest absolute Gasteiger partial charge is 0.216 e. The van der Waals surface area contributed by atoms with E-state index in [0.717, 1.165) is 19.4 Å². The highest BCUT2D eigenvalue weighted by Gasteiger charge is 1.92. The molecule has 4 nitrogen and oxygen atoms in total. The van der Waals surface area contributed by atoms with Gasteiger partial charge in [-0.3, -0.25) is 0 Å². The summed E-state index contributed by atoms with van der Waals surface area (Å²) in [5, 5.41) is 0. The van der Waals surface area contributed by atoms with Crippen molar-refractivity contribution in [3.63, 3.8) is 0 Å². The summed E-state index contributed by atoms with van der Waals surface area (Å²) in [7, 11) is 1.70. The average Bonchev–Trinajstić information content (AvgIpc) is 2.19. The van der Waals surface area contributed by atoms with Gasteiger partial charge in [-0.1, -0.05) is 0 Å². The van der Waals surface area contributed by atoms with Crippen molar-refractivity contribution in [2.45, 2.75) is 12.8 Å². The molecule has 0 N–H and O–H groups in total. The van der Waals surface area contributed by atoms with Gasteiger partial charge in [0.15, 0.2) is 0 Å². The maximum absolute atomic E-state index is 5.35. The fourth-order valence-corrected chi connectivity index (χ4v) is 0.889. The normalized spacial score (nSPS) is 9.92. The molecule has 0 aliphatic carbocycles.